The lowest BCUT2D eigenvalue weighted by Gasteiger charge is -2.16. The van der Waals surface area contributed by atoms with E-state index in [1.54, 1.807) is 31.3 Å². The van der Waals surface area contributed by atoms with Gasteiger partial charge in [-0.25, -0.2) is 8.42 Å². The minimum absolute atomic E-state index is 0.0281. The molecular weight excluding hydrogens is 378 g/mol. The number of sulfone groups is 1. The molecule has 130 valence electrons. The van der Waals surface area contributed by atoms with Crippen LogP contribution in [-0.4, -0.2) is 40.3 Å². The van der Waals surface area contributed by atoms with Crippen LogP contribution in [0.1, 0.15) is 26.7 Å². The first kappa shape index (κ1) is 20.0. The van der Waals surface area contributed by atoms with Crippen LogP contribution in [0.2, 0.25) is 0 Å². The van der Waals surface area contributed by atoms with Crippen LogP contribution in [0.3, 0.4) is 0 Å². The van der Waals surface area contributed by atoms with Gasteiger partial charge in [-0.05, 0) is 30.2 Å². The van der Waals surface area contributed by atoms with E-state index in [-0.39, 0.29) is 5.75 Å². The summed E-state index contributed by atoms with van der Waals surface area (Å²) in [5, 5.41) is 6.30. The maximum absolute atomic E-state index is 12.3. The van der Waals surface area contributed by atoms with E-state index in [9.17, 15) is 8.42 Å². The van der Waals surface area contributed by atoms with Crippen molar-refractivity contribution in [3.63, 3.8) is 0 Å². The highest BCUT2D eigenvalue weighted by molar-refractivity contribution is 9.10. The zero-order chi connectivity index (χ0) is 17.3. The fourth-order valence-corrected chi connectivity index (χ4v) is 3.52. The van der Waals surface area contributed by atoms with E-state index in [1.807, 2.05) is 0 Å². The molecule has 0 saturated heterocycles. The molecule has 0 spiro atoms. The second-order valence-corrected chi connectivity index (χ2v) is 8.36. The second-order valence-electron chi connectivity index (χ2n) is 5.34. The lowest BCUT2D eigenvalue weighted by molar-refractivity contribution is 0.481. The van der Waals surface area contributed by atoms with Crippen LogP contribution in [0.5, 0.6) is 0 Å². The number of halogens is 1. The summed E-state index contributed by atoms with van der Waals surface area (Å²) in [5.74, 6) is 1.27. The number of rotatable bonds is 8. The van der Waals surface area contributed by atoms with Crippen LogP contribution in [-0.2, 0) is 9.84 Å². The van der Waals surface area contributed by atoms with Gasteiger partial charge in [0.15, 0.2) is 15.8 Å². The summed E-state index contributed by atoms with van der Waals surface area (Å²) in [6.45, 7) is 5.49. The zero-order valence-corrected chi connectivity index (χ0v) is 16.4. The van der Waals surface area contributed by atoms with Crippen molar-refractivity contribution in [2.45, 2.75) is 31.6 Å². The monoisotopic (exact) mass is 403 g/mol. The molecular formula is C16H26BrN3O2S. The van der Waals surface area contributed by atoms with Crippen molar-refractivity contribution >= 4 is 31.7 Å². The first-order chi connectivity index (χ1) is 10.9. The molecule has 0 aliphatic heterocycles. The molecule has 0 fully saturated rings. The van der Waals surface area contributed by atoms with Gasteiger partial charge < -0.3 is 10.6 Å². The van der Waals surface area contributed by atoms with Gasteiger partial charge in [0.1, 0.15) is 0 Å². The number of hydrogen-bond donors (Lipinski definition) is 2. The molecule has 0 amide bonds. The lowest BCUT2D eigenvalue weighted by atomic mass is 10.0. The number of nitrogens with one attached hydrogen (secondary N) is 2. The first-order valence-corrected chi connectivity index (χ1v) is 10.3. The van der Waals surface area contributed by atoms with Crippen LogP contribution in [0.25, 0.3) is 0 Å². The van der Waals surface area contributed by atoms with Crippen LogP contribution in [0.15, 0.2) is 38.6 Å². The number of aliphatic imine (C=N–C) groups is 1. The number of nitrogens with zero attached hydrogens (tertiary/aromatic N) is 1. The third-order valence-corrected chi connectivity index (χ3v) is 6.03. The Morgan fingerprint density at radius 2 is 1.78 bits per heavy atom. The summed E-state index contributed by atoms with van der Waals surface area (Å²) in [4.78, 5) is 4.46. The predicted octanol–water partition coefficient (Wildman–Crippen LogP) is 2.82. The Morgan fingerprint density at radius 3 is 2.30 bits per heavy atom. The lowest BCUT2D eigenvalue weighted by Crippen LogP contribution is -2.41. The van der Waals surface area contributed by atoms with Crippen molar-refractivity contribution in [1.29, 1.82) is 0 Å². The molecule has 1 rings (SSSR count). The average Bonchev–Trinajstić information content (AvgIpc) is 2.54. The Balaban J connectivity index is 2.49. The highest BCUT2D eigenvalue weighted by Crippen LogP contribution is 2.15. The van der Waals surface area contributed by atoms with Gasteiger partial charge in [-0.3, -0.25) is 4.99 Å². The Hall–Kier alpha value is -1.08. The van der Waals surface area contributed by atoms with Gasteiger partial charge in [0.05, 0.1) is 10.6 Å². The number of benzene rings is 1. The van der Waals surface area contributed by atoms with Gasteiger partial charge >= 0.3 is 0 Å². The molecule has 0 atom stereocenters. The van der Waals surface area contributed by atoms with Crippen molar-refractivity contribution in [3.05, 3.63) is 28.7 Å². The maximum Gasteiger partial charge on any atom is 0.191 e. The molecule has 0 heterocycles. The van der Waals surface area contributed by atoms with Crippen molar-refractivity contribution in [3.8, 4) is 0 Å². The number of hydrogen-bond acceptors (Lipinski definition) is 3. The van der Waals surface area contributed by atoms with Gasteiger partial charge in [-0.1, -0.05) is 42.6 Å². The molecule has 7 heteroatoms. The highest BCUT2D eigenvalue weighted by Gasteiger charge is 2.14. The summed E-state index contributed by atoms with van der Waals surface area (Å²) >= 11 is 3.30. The van der Waals surface area contributed by atoms with Crippen LogP contribution in [0, 0.1) is 5.92 Å². The Bertz CT molecular complexity index is 596. The predicted molar refractivity (Wildman–Crippen MR) is 99.6 cm³/mol. The van der Waals surface area contributed by atoms with E-state index < -0.39 is 9.84 Å². The standard InChI is InChI=1S/C16H26BrN3O2S/c1-4-13(5-2)12-20-16(18-3)19-10-11-23(21,22)15-8-6-14(17)7-9-15/h6-9,13H,4-5,10-12H2,1-3H3,(H2,18,19,20). The molecule has 0 aromatic heterocycles. The largest absolute Gasteiger partial charge is 0.356 e. The Labute approximate surface area is 148 Å². The van der Waals surface area contributed by atoms with Gasteiger partial charge in [0.2, 0.25) is 0 Å². The first-order valence-electron chi connectivity index (χ1n) is 7.85. The third-order valence-electron chi connectivity index (χ3n) is 3.77. The van der Waals surface area contributed by atoms with Crippen LogP contribution < -0.4 is 10.6 Å². The molecule has 23 heavy (non-hydrogen) atoms. The summed E-state index contributed by atoms with van der Waals surface area (Å²) in [6, 6.07) is 6.69. The molecule has 0 aliphatic rings. The van der Waals surface area contributed by atoms with Gasteiger partial charge in [0.25, 0.3) is 0 Å². The molecule has 0 saturated carbocycles. The van der Waals surface area contributed by atoms with E-state index in [0.29, 0.717) is 23.3 Å². The fourth-order valence-electron chi connectivity index (χ4n) is 2.10. The van der Waals surface area contributed by atoms with Gasteiger partial charge in [-0.2, -0.15) is 0 Å². The van der Waals surface area contributed by atoms with Gasteiger partial charge in [0, 0.05) is 24.6 Å². The smallest absolute Gasteiger partial charge is 0.191 e. The highest BCUT2D eigenvalue weighted by atomic mass is 79.9. The van der Waals surface area contributed by atoms with Gasteiger partial charge in [-0.15, -0.1) is 0 Å². The Kier molecular flexibility index (Phi) is 8.62. The molecule has 0 unspecified atom stereocenters. The normalized spacial score (nSPS) is 12.5. The molecule has 0 aliphatic carbocycles. The Morgan fingerprint density at radius 1 is 1.17 bits per heavy atom. The minimum atomic E-state index is -3.29. The quantitative estimate of drug-likeness (QED) is 0.517. The van der Waals surface area contributed by atoms with E-state index >= 15 is 0 Å². The van der Waals surface area contributed by atoms with E-state index in [0.717, 1.165) is 23.9 Å². The minimum Gasteiger partial charge on any atom is -0.356 e. The average molecular weight is 404 g/mol. The maximum atomic E-state index is 12.3. The van der Waals surface area contributed by atoms with Crippen LogP contribution in [0.4, 0.5) is 0 Å². The fraction of sp³-hybridized carbons (Fsp3) is 0.562. The molecule has 1 aromatic carbocycles. The van der Waals surface area contributed by atoms with Crippen molar-refractivity contribution < 1.29 is 8.42 Å². The molecule has 0 bridgehead atoms. The second kappa shape index (κ2) is 9.93. The third kappa shape index (κ3) is 6.91. The molecule has 0 radical (unpaired) electrons. The SMILES string of the molecule is CCC(CC)CNC(=NC)NCCS(=O)(=O)c1ccc(Br)cc1. The molecule has 5 nitrogen and oxygen atoms in total. The summed E-state index contributed by atoms with van der Waals surface area (Å²) in [7, 11) is -1.60. The van der Waals surface area contributed by atoms with E-state index in [2.05, 4.69) is 45.4 Å². The summed E-state index contributed by atoms with van der Waals surface area (Å²) in [6.07, 6.45) is 2.22. The summed E-state index contributed by atoms with van der Waals surface area (Å²) < 4.78 is 25.4. The molecule has 2 N–H and O–H groups in total. The number of guanidine groups is 1. The topological polar surface area (TPSA) is 70.6 Å². The van der Waals surface area contributed by atoms with Crippen molar-refractivity contribution in [2.24, 2.45) is 10.9 Å². The summed E-state index contributed by atoms with van der Waals surface area (Å²) in [5.41, 5.74) is 0. The van der Waals surface area contributed by atoms with E-state index in [4.69, 9.17) is 0 Å². The zero-order valence-electron chi connectivity index (χ0n) is 14.0. The van der Waals surface area contributed by atoms with Crippen molar-refractivity contribution in [1.82, 2.24) is 10.6 Å². The van der Waals surface area contributed by atoms with Crippen LogP contribution >= 0.6 is 15.9 Å². The van der Waals surface area contributed by atoms with E-state index in [1.165, 1.54) is 0 Å². The van der Waals surface area contributed by atoms with Crippen molar-refractivity contribution in [2.75, 3.05) is 25.9 Å². The molecule has 1 aromatic rings.